The molecular weight excluding hydrogens is 460 g/mol. The first-order valence-corrected chi connectivity index (χ1v) is 11.7. The minimum atomic E-state index is -0.658. The topological polar surface area (TPSA) is 103 Å². The molecule has 8 nitrogen and oxygen atoms in total. The average molecular weight is 491 g/mol. The molecule has 3 aromatic carbocycles. The van der Waals surface area contributed by atoms with Gasteiger partial charge in [0.15, 0.2) is 0 Å². The summed E-state index contributed by atoms with van der Waals surface area (Å²) < 4.78 is 15.9. The maximum Gasteiger partial charge on any atom is 0.411 e. The summed E-state index contributed by atoms with van der Waals surface area (Å²) in [6.45, 7) is 2.18. The number of esters is 2. The van der Waals surface area contributed by atoms with Crippen LogP contribution in [0.4, 0.5) is 10.5 Å². The molecule has 1 atom stereocenters. The number of rotatable bonds is 11. The molecule has 0 aliphatic heterocycles. The van der Waals surface area contributed by atoms with E-state index in [-0.39, 0.29) is 31.8 Å². The molecule has 1 amide bonds. The first-order chi connectivity index (χ1) is 17.5. The summed E-state index contributed by atoms with van der Waals surface area (Å²) in [4.78, 5) is 37.7. The molecule has 0 saturated carbocycles. The Hall–Kier alpha value is -4.17. The van der Waals surface area contributed by atoms with Gasteiger partial charge >= 0.3 is 18.0 Å². The van der Waals surface area contributed by atoms with E-state index in [9.17, 15) is 14.4 Å². The van der Waals surface area contributed by atoms with E-state index in [4.69, 9.17) is 14.2 Å². The summed E-state index contributed by atoms with van der Waals surface area (Å²) in [7, 11) is 1.65. The average Bonchev–Trinajstić information content (AvgIpc) is 2.91. The summed E-state index contributed by atoms with van der Waals surface area (Å²) in [6.07, 6.45) is -0.459. The number of likely N-dealkylation sites (N-methyl/N-ethyl adjacent to an activating group) is 1. The van der Waals surface area contributed by atoms with Crippen molar-refractivity contribution in [3.8, 4) is 0 Å². The Labute approximate surface area is 210 Å². The van der Waals surface area contributed by atoms with E-state index < -0.39 is 24.1 Å². The Balaban J connectivity index is 1.76. The molecular formula is C28H30N2O6. The largest absolute Gasteiger partial charge is 0.465 e. The van der Waals surface area contributed by atoms with Crippen molar-refractivity contribution in [2.24, 2.45) is 0 Å². The molecule has 0 aromatic heterocycles. The zero-order valence-corrected chi connectivity index (χ0v) is 20.4. The van der Waals surface area contributed by atoms with E-state index in [0.29, 0.717) is 11.3 Å². The maximum atomic E-state index is 13.1. The zero-order chi connectivity index (χ0) is 25.8. The Morgan fingerprint density at radius 2 is 1.42 bits per heavy atom. The molecule has 0 heterocycles. The lowest BCUT2D eigenvalue weighted by molar-refractivity contribution is -0.145. The molecule has 0 bridgehead atoms. The molecule has 36 heavy (non-hydrogen) atoms. The van der Waals surface area contributed by atoms with Gasteiger partial charge in [0.05, 0.1) is 12.2 Å². The van der Waals surface area contributed by atoms with E-state index in [1.807, 2.05) is 60.7 Å². The first kappa shape index (κ1) is 26.4. The monoisotopic (exact) mass is 490 g/mol. The highest BCUT2D eigenvalue weighted by molar-refractivity contribution is 5.94. The van der Waals surface area contributed by atoms with Crippen LogP contribution in [0.15, 0.2) is 78.9 Å². The minimum Gasteiger partial charge on any atom is -0.465 e. The quantitative estimate of drug-likeness (QED) is 0.302. The van der Waals surface area contributed by atoms with E-state index in [2.05, 4.69) is 10.6 Å². The van der Waals surface area contributed by atoms with Gasteiger partial charge in [-0.05, 0) is 49.2 Å². The van der Waals surface area contributed by atoms with E-state index in [1.54, 1.807) is 26.1 Å². The summed E-state index contributed by atoms with van der Waals surface area (Å²) in [5.41, 5.74) is 2.86. The van der Waals surface area contributed by atoms with Crippen LogP contribution in [0.5, 0.6) is 0 Å². The van der Waals surface area contributed by atoms with Crippen LogP contribution in [-0.4, -0.2) is 37.7 Å². The van der Waals surface area contributed by atoms with Crippen LogP contribution < -0.4 is 10.6 Å². The number of nitrogens with one attached hydrogen (secondary N) is 2. The molecule has 0 saturated heterocycles. The number of hydrogen-bond donors (Lipinski definition) is 2. The number of anilines is 1. The van der Waals surface area contributed by atoms with Crippen molar-refractivity contribution in [3.05, 3.63) is 101 Å². The van der Waals surface area contributed by atoms with E-state index in [0.717, 1.165) is 11.1 Å². The normalized spacial score (nSPS) is 11.3. The summed E-state index contributed by atoms with van der Waals surface area (Å²) >= 11 is 0. The molecule has 0 spiro atoms. The third kappa shape index (κ3) is 7.95. The highest BCUT2D eigenvalue weighted by Crippen LogP contribution is 2.20. The molecule has 8 heteroatoms. The smallest absolute Gasteiger partial charge is 0.411 e. The highest BCUT2D eigenvalue weighted by atomic mass is 16.5. The second kappa shape index (κ2) is 13.7. The molecule has 188 valence electrons. The van der Waals surface area contributed by atoms with Crippen molar-refractivity contribution in [3.63, 3.8) is 0 Å². The van der Waals surface area contributed by atoms with Gasteiger partial charge in [-0.2, -0.15) is 0 Å². The molecule has 3 aromatic rings. The van der Waals surface area contributed by atoms with Gasteiger partial charge in [-0.15, -0.1) is 0 Å². The molecule has 0 radical (unpaired) electrons. The standard InChI is InChI=1S/C28H30N2O6/c1-3-34-27(32)25(29-2)16-22-14-15-23(30-28(33)36-19-21-12-8-5-9-13-21)17-24(22)26(31)35-18-20-10-6-4-7-11-20/h4-15,17,25,29H,3,16,18-19H2,1-2H3,(H,30,33). The van der Waals surface area contributed by atoms with Gasteiger partial charge in [-0.25, -0.2) is 9.59 Å². The van der Waals surface area contributed by atoms with Crippen LogP contribution >= 0.6 is 0 Å². The van der Waals surface area contributed by atoms with Crippen LogP contribution in [0.1, 0.15) is 34.0 Å². The molecule has 2 N–H and O–H groups in total. The van der Waals surface area contributed by atoms with Crippen LogP contribution in [0, 0.1) is 0 Å². The Morgan fingerprint density at radius 1 is 0.806 bits per heavy atom. The van der Waals surface area contributed by atoms with Crippen LogP contribution in [-0.2, 0) is 38.6 Å². The molecule has 0 aliphatic carbocycles. The SMILES string of the molecule is CCOC(=O)C(Cc1ccc(NC(=O)OCc2ccccc2)cc1C(=O)OCc1ccccc1)NC. The molecule has 0 fully saturated rings. The van der Waals surface area contributed by atoms with Gasteiger partial charge in [-0.3, -0.25) is 10.1 Å². The fourth-order valence-corrected chi connectivity index (χ4v) is 3.47. The van der Waals surface area contributed by atoms with Crippen molar-refractivity contribution >= 4 is 23.7 Å². The zero-order valence-electron chi connectivity index (χ0n) is 20.4. The van der Waals surface area contributed by atoms with Gasteiger partial charge in [0.25, 0.3) is 0 Å². The number of carbonyl (C=O) groups is 3. The Bertz CT molecular complexity index is 1150. The van der Waals surface area contributed by atoms with Gasteiger partial charge in [0.2, 0.25) is 0 Å². The number of hydrogen-bond acceptors (Lipinski definition) is 7. The van der Waals surface area contributed by atoms with Gasteiger partial charge < -0.3 is 19.5 Å². The summed E-state index contributed by atoms with van der Waals surface area (Å²) in [5, 5.41) is 5.56. The first-order valence-electron chi connectivity index (χ1n) is 11.7. The molecule has 1 unspecified atom stereocenters. The van der Waals surface area contributed by atoms with Crippen molar-refractivity contribution in [1.82, 2.24) is 5.32 Å². The van der Waals surface area contributed by atoms with Crippen LogP contribution in [0.25, 0.3) is 0 Å². The van der Waals surface area contributed by atoms with Crippen LogP contribution in [0.2, 0.25) is 0 Å². The fourth-order valence-electron chi connectivity index (χ4n) is 3.47. The van der Waals surface area contributed by atoms with Crippen LogP contribution in [0.3, 0.4) is 0 Å². The van der Waals surface area contributed by atoms with Gasteiger partial charge in [0.1, 0.15) is 19.3 Å². The lowest BCUT2D eigenvalue weighted by Crippen LogP contribution is -2.37. The Kier molecular flexibility index (Phi) is 10.0. The number of benzene rings is 3. The molecule has 3 rings (SSSR count). The van der Waals surface area contributed by atoms with Crippen molar-refractivity contribution < 1.29 is 28.6 Å². The minimum absolute atomic E-state index is 0.0865. The Morgan fingerprint density at radius 3 is 2.00 bits per heavy atom. The number of carbonyl (C=O) groups excluding carboxylic acids is 3. The second-order valence-electron chi connectivity index (χ2n) is 7.92. The van der Waals surface area contributed by atoms with E-state index in [1.165, 1.54) is 6.07 Å². The lowest BCUT2D eigenvalue weighted by atomic mass is 9.99. The predicted molar refractivity (Wildman–Crippen MR) is 135 cm³/mol. The van der Waals surface area contributed by atoms with E-state index >= 15 is 0 Å². The maximum absolute atomic E-state index is 13.1. The molecule has 0 aliphatic rings. The predicted octanol–water partition coefficient (Wildman–Crippen LogP) is 4.49. The van der Waals surface area contributed by atoms with Gasteiger partial charge in [-0.1, -0.05) is 66.7 Å². The summed E-state index contributed by atoms with van der Waals surface area (Å²) in [5.74, 6) is -0.996. The van der Waals surface area contributed by atoms with Crippen molar-refractivity contribution in [2.45, 2.75) is 32.6 Å². The highest BCUT2D eigenvalue weighted by Gasteiger charge is 2.23. The van der Waals surface area contributed by atoms with Gasteiger partial charge in [0, 0.05) is 5.69 Å². The van der Waals surface area contributed by atoms with Crippen molar-refractivity contribution in [2.75, 3.05) is 19.0 Å². The lowest BCUT2D eigenvalue weighted by Gasteiger charge is -2.17. The second-order valence-corrected chi connectivity index (χ2v) is 7.92. The third-order valence-electron chi connectivity index (χ3n) is 5.35. The third-order valence-corrected chi connectivity index (χ3v) is 5.35. The fraction of sp³-hybridized carbons (Fsp3) is 0.250. The number of ether oxygens (including phenoxy) is 3. The number of amides is 1. The summed E-state index contributed by atoms with van der Waals surface area (Å²) in [6, 6.07) is 22.8. The van der Waals surface area contributed by atoms with Crippen molar-refractivity contribution in [1.29, 1.82) is 0 Å².